The first-order valence-electron chi connectivity index (χ1n) is 4.51. The summed E-state index contributed by atoms with van der Waals surface area (Å²) in [6, 6.07) is 9.52. The van der Waals surface area contributed by atoms with Crippen LogP contribution in [0.2, 0.25) is 0 Å². The van der Waals surface area contributed by atoms with Crippen molar-refractivity contribution in [3.05, 3.63) is 58.7 Å². The zero-order chi connectivity index (χ0) is 10.4. The molecule has 0 radical (unpaired) electrons. The molecule has 0 heterocycles. The van der Waals surface area contributed by atoms with Gasteiger partial charge in [0.2, 0.25) is 6.54 Å². The third-order valence-electron chi connectivity index (χ3n) is 2.09. The second kappa shape index (κ2) is 5.17. The molecule has 0 saturated carbocycles. The van der Waals surface area contributed by atoms with Crippen molar-refractivity contribution in [1.82, 2.24) is 0 Å². The minimum absolute atomic E-state index is 0.0317. The summed E-state index contributed by atoms with van der Waals surface area (Å²) in [5, 5.41) is 10.4. The SMILES string of the molecule is C=CCC(C[N+](=O)[O-])c1ccccc1. The monoisotopic (exact) mass is 191 g/mol. The quantitative estimate of drug-likeness (QED) is 0.408. The topological polar surface area (TPSA) is 43.1 Å². The molecule has 0 aliphatic heterocycles. The van der Waals surface area contributed by atoms with Gasteiger partial charge in [-0.2, -0.15) is 0 Å². The predicted octanol–water partition coefficient (Wildman–Crippen LogP) is 2.62. The molecule has 1 rings (SSSR count). The van der Waals surface area contributed by atoms with E-state index in [-0.39, 0.29) is 17.4 Å². The third-order valence-corrected chi connectivity index (χ3v) is 2.09. The molecule has 3 nitrogen and oxygen atoms in total. The molecule has 1 aromatic rings. The first-order chi connectivity index (χ1) is 6.74. The maximum Gasteiger partial charge on any atom is 0.210 e. The molecular weight excluding hydrogens is 178 g/mol. The number of nitro groups is 1. The first kappa shape index (κ1) is 10.4. The molecule has 0 aromatic heterocycles. The van der Waals surface area contributed by atoms with Gasteiger partial charge in [0.25, 0.3) is 0 Å². The summed E-state index contributed by atoms with van der Waals surface area (Å²) in [6.45, 7) is 3.58. The summed E-state index contributed by atoms with van der Waals surface area (Å²) < 4.78 is 0. The van der Waals surface area contributed by atoms with Gasteiger partial charge >= 0.3 is 0 Å². The Bertz CT molecular complexity index is 308. The maximum atomic E-state index is 10.4. The van der Waals surface area contributed by atoms with Crippen molar-refractivity contribution >= 4 is 0 Å². The molecule has 74 valence electrons. The number of nitrogens with zero attached hydrogens (tertiary/aromatic N) is 1. The molecule has 14 heavy (non-hydrogen) atoms. The van der Waals surface area contributed by atoms with Gasteiger partial charge in [0.05, 0.1) is 5.92 Å². The minimum atomic E-state index is -0.277. The van der Waals surface area contributed by atoms with E-state index in [1.807, 2.05) is 30.3 Å². The van der Waals surface area contributed by atoms with Crippen LogP contribution in [0.25, 0.3) is 0 Å². The molecule has 0 fully saturated rings. The van der Waals surface area contributed by atoms with Gasteiger partial charge in [-0.1, -0.05) is 36.4 Å². The fraction of sp³-hybridized carbons (Fsp3) is 0.273. The van der Waals surface area contributed by atoms with Crippen molar-refractivity contribution in [2.75, 3.05) is 6.54 Å². The summed E-state index contributed by atoms with van der Waals surface area (Å²) in [4.78, 5) is 10.2. The lowest BCUT2D eigenvalue weighted by Gasteiger charge is -2.10. The summed E-state index contributed by atoms with van der Waals surface area (Å²) in [6.07, 6.45) is 2.37. The van der Waals surface area contributed by atoms with Crippen LogP contribution in [0.3, 0.4) is 0 Å². The van der Waals surface area contributed by atoms with Crippen LogP contribution in [0.5, 0.6) is 0 Å². The van der Waals surface area contributed by atoms with E-state index in [0.29, 0.717) is 6.42 Å². The Balaban J connectivity index is 2.77. The highest BCUT2D eigenvalue weighted by molar-refractivity contribution is 5.20. The van der Waals surface area contributed by atoms with Crippen LogP contribution in [-0.2, 0) is 0 Å². The molecule has 0 amide bonds. The van der Waals surface area contributed by atoms with Crippen LogP contribution in [0, 0.1) is 10.1 Å². The molecule has 3 heteroatoms. The fourth-order valence-electron chi connectivity index (χ4n) is 1.42. The van der Waals surface area contributed by atoms with Crippen molar-refractivity contribution in [3.63, 3.8) is 0 Å². The second-order valence-corrected chi connectivity index (χ2v) is 3.15. The van der Waals surface area contributed by atoms with Crippen LogP contribution in [-0.4, -0.2) is 11.5 Å². The summed E-state index contributed by atoms with van der Waals surface area (Å²) >= 11 is 0. The highest BCUT2D eigenvalue weighted by Gasteiger charge is 2.15. The smallest absolute Gasteiger partial charge is 0.210 e. The molecule has 1 unspecified atom stereocenters. The van der Waals surface area contributed by atoms with E-state index in [1.54, 1.807) is 6.08 Å². The van der Waals surface area contributed by atoms with Gasteiger partial charge in [-0.15, -0.1) is 6.58 Å². The molecule has 1 atom stereocenters. The van der Waals surface area contributed by atoms with Crippen LogP contribution < -0.4 is 0 Å². The molecule has 1 aromatic carbocycles. The number of hydrogen-bond donors (Lipinski definition) is 0. The van der Waals surface area contributed by atoms with Crippen molar-refractivity contribution in [2.24, 2.45) is 0 Å². The van der Waals surface area contributed by atoms with Crippen LogP contribution >= 0.6 is 0 Å². The average Bonchev–Trinajstić information content (AvgIpc) is 2.18. The van der Waals surface area contributed by atoms with E-state index >= 15 is 0 Å². The van der Waals surface area contributed by atoms with E-state index in [4.69, 9.17) is 0 Å². The average molecular weight is 191 g/mol. The Kier molecular flexibility index (Phi) is 3.85. The molecule has 0 aliphatic carbocycles. The van der Waals surface area contributed by atoms with Crippen LogP contribution in [0.15, 0.2) is 43.0 Å². The molecule has 0 aliphatic rings. The normalized spacial score (nSPS) is 12.0. The molecule has 0 N–H and O–H groups in total. The van der Waals surface area contributed by atoms with E-state index < -0.39 is 0 Å². The van der Waals surface area contributed by atoms with Crippen LogP contribution in [0.1, 0.15) is 17.9 Å². The minimum Gasteiger partial charge on any atom is -0.265 e. The van der Waals surface area contributed by atoms with Gasteiger partial charge in [0.15, 0.2) is 0 Å². The third kappa shape index (κ3) is 3.01. The van der Waals surface area contributed by atoms with Crippen molar-refractivity contribution in [1.29, 1.82) is 0 Å². The van der Waals surface area contributed by atoms with Crippen molar-refractivity contribution in [2.45, 2.75) is 12.3 Å². The highest BCUT2D eigenvalue weighted by atomic mass is 16.6. The molecular formula is C11H13NO2. The summed E-state index contributed by atoms with van der Waals surface area (Å²) in [5.74, 6) is -0.0521. The van der Waals surface area contributed by atoms with E-state index in [9.17, 15) is 10.1 Å². The second-order valence-electron chi connectivity index (χ2n) is 3.15. The zero-order valence-corrected chi connectivity index (χ0v) is 7.93. The van der Waals surface area contributed by atoms with Gasteiger partial charge in [-0.3, -0.25) is 10.1 Å². The van der Waals surface area contributed by atoms with Gasteiger partial charge in [-0.05, 0) is 12.0 Å². The van der Waals surface area contributed by atoms with E-state index in [1.165, 1.54) is 0 Å². The lowest BCUT2D eigenvalue weighted by Crippen LogP contribution is -2.11. The number of allylic oxidation sites excluding steroid dienone is 1. The first-order valence-corrected chi connectivity index (χ1v) is 4.51. The maximum absolute atomic E-state index is 10.4. The fourth-order valence-corrected chi connectivity index (χ4v) is 1.42. The Hall–Kier alpha value is -1.64. The predicted molar refractivity (Wildman–Crippen MR) is 55.9 cm³/mol. The Morgan fingerprint density at radius 2 is 2.07 bits per heavy atom. The van der Waals surface area contributed by atoms with Crippen molar-refractivity contribution < 1.29 is 4.92 Å². The van der Waals surface area contributed by atoms with Gasteiger partial charge in [0, 0.05) is 4.92 Å². The summed E-state index contributed by atoms with van der Waals surface area (Å²) in [7, 11) is 0. The number of benzene rings is 1. The Labute approximate surface area is 83.2 Å². The largest absolute Gasteiger partial charge is 0.265 e. The molecule has 0 bridgehead atoms. The van der Waals surface area contributed by atoms with E-state index in [0.717, 1.165) is 5.56 Å². The lowest BCUT2D eigenvalue weighted by molar-refractivity contribution is -0.483. The van der Waals surface area contributed by atoms with Gasteiger partial charge in [0.1, 0.15) is 0 Å². The summed E-state index contributed by atoms with van der Waals surface area (Å²) in [5.41, 5.74) is 1.00. The standard InChI is InChI=1S/C11H13NO2/c1-2-6-11(9-12(13)14)10-7-4-3-5-8-10/h2-5,7-8,11H,1,6,9H2. The zero-order valence-electron chi connectivity index (χ0n) is 7.93. The highest BCUT2D eigenvalue weighted by Crippen LogP contribution is 2.19. The molecule has 0 spiro atoms. The Morgan fingerprint density at radius 1 is 1.43 bits per heavy atom. The van der Waals surface area contributed by atoms with Crippen molar-refractivity contribution in [3.8, 4) is 0 Å². The van der Waals surface area contributed by atoms with Gasteiger partial charge in [-0.25, -0.2) is 0 Å². The Morgan fingerprint density at radius 3 is 2.57 bits per heavy atom. The van der Waals surface area contributed by atoms with Crippen LogP contribution in [0.4, 0.5) is 0 Å². The van der Waals surface area contributed by atoms with E-state index in [2.05, 4.69) is 6.58 Å². The van der Waals surface area contributed by atoms with Gasteiger partial charge < -0.3 is 0 Å². The number of rotatable bonds is 5. The lowest BCUT2D eigenvalue weighted by atomic mass is 9.96. The molecule has 0 saturated heterocycles. The number of hydrogen-bond acceptors (Lipinski definition) is 2.